The third kappa shape index (κ3) is 7.43. The van der Waals surface area contributed by atoms with Crippen LogP contribution in [0.15, 0.2) is 29.1 Å². The lowest BCUT2D eigenvalue weighted by Gasteiger charge is -2.25. The number of rotatable bonds is 13. The number of methoxy groups -OCH3 is 3. The largest absolute Gasteiger partial charge is 0.493 e. The fraction of sp³-hybridized carbons (Fsp3) is 0.545. The zero-order valence-corrected chi connectivity index (χ0v) is 27.5. The van der Waals surface area contributed by atoms with Crippen molar-refractivity contribution in [2.45, 2.75) is 64.1 Å². The summed E-state index contributed by atoms with van der Waals surface area (Å²) >= 11 is 1.66. The Kier molecular flexibility index (Phi) is 11.8. The highest BCUT2D eigenvalue weighted by molar-refractivity contribution is 7.98. The van der Waals surface area contributed by atoms with Gasteiger partial charge in [0.05, 0.1) is 33.1 Å². The molecule has 44 heavy (non-hydrogen) atoms. The van der Waals surface area contributed by atoms with Crippen LogP contribution in [0.4, 0.5) is 5.69 Å². The number of hydrogen-bond donors (Lipinski definition) is 3. The quantitative estimate of drug-likeness (QED) is 0.303. The maximum Gasteiger partial charge on any atom is 0.242 e. The van der Waals surface area contributed by atoms with Gasteiger partial charge in [0.25, 0.3) is 0 Å². The number of anilines is 1. The summed E-state index contributed by atoms with van der Waals surface area (Å²) < 4.78 is 17.2. The Morgan fingerprint density at radius 1 is 1.09 bits per heavy atom. The van der Waals surface area contributed by atoms with Gasteiger partial charge >= 0.3 is 0 Å². The molecule has 0 saturated carbocycles. The third-order valence-electron chi connectivity index (χ3n) is 8.59. The molecule has 11 heteroatoms. The van der Waals surface area contributed by atoms with Crippen LogP contribution in [0.1, 0.15) is 56.7 Å². The molecule has 1 saturated heterocycles. The first-order valence-electron chi connectivity index (χ1n) is 15.3. The lowest BCUT2D eigenvalue weighted by molar-refractivity contribution is -0.122. The molecule has 2 aliphatic rings. The minimum absolute atomic E-state index is 0.116. The molecular formula is C33H46N4O6S. The molecule has 1 heterocycles. The molecule has 10 nitrogen and oxygen atoms in total. The van der Waals surface area contributed by atoms with Crippen molar-refractivity contribution in [3.63, 3.8) is 0 Å². The van der Waals surface area contributed by atoms with E-state index in [1.165, 1.54) is 6.92 Å². The Bertz CT molecular complexity index is 1400. The number of nitrogens with one attached hydrogen (secondary N) is 3. The molecule has 3 unspecified atom stereocenters. The van der Waals surface area contributed by atoms with Gasteiger partial charge in [0.15, 0.2) is 11.5 Å². The van der Waals surface area contributed by atoms with Crippen LogP contribution in [0.5, 0.6) is 17.2 Å². The lowest BCUT2D eigenvalue weighted by Crippen LogP contribution is -2.46. The number of fused-ring (bicyclic) bond motifs is 3. The Morgan fingerprint density at radius 3 is 2.52 bits per heavy atom. The Morgan fingerprint density at radius 2 is 1.86 bits per heavy atom. The predicted molar refractivity (Wildman–Crippen MR) is 176 cm³/mol. The number of nitrogens with zero attached hydrogens (tertiary/aromatic N) is 1. The summed E-state index contributed by atoms with van der Waals surface area (Å²) in [5, 5.41) is 9.45. The minimum Gasteiger partial charge on any atom is -0.493 e. The monoisotopic (exact) mass is 626 g/mol. The second-order valence-corrected chi connectivity index (χ2v) is 12.2. The van der Waals surface area contributed by atoms with Crippen molar-refractivity contribution in [1.82, 2.24) is 15.5 Å². The zero-order chi connectivity index (χ0) is 31.8. The fourth-order valence-corrected chi connectivity index (χ4v) is 6.87. The number of carbonyl (C=O) groups excluding carboxylic acids is 2. The zero-order valence-electron chi connectivity index (χ0n) is 26.7. The van der Waals surface area contributed by atoms with E-state index >= 15 is 0 Å². The summed E-state index contributed by atoms with van der Waals surface area (Å²) in [6.45, 7) is 6.23. The van der Waals surface area contributed by atoms with Gasteiger partial charge in [0.1, 0.15) is 6.04 Å². The molecule has 0 radical (unpaired) electrons. The smallest absolute Gasteiger partial charge is 0.242 e. The van der Waals surface area contributed by atoms with Crippen molar-refractivity contribution in [2.75, 3.05) is 58.3 Å². The maximum absolute atomic E-state index is 13.8. The van der Waals surface area contributed by atoms with Gasteiger partial charge in [-0.05, 0) is 92.1 Å². The highest BCUT2D eigenvalue weighted by atomic mass is 32.2. The summed E-state index contributed by atoms with van der Waals surface area (Å²) in [6.07, 6.45) is 5.95. The van der Waals surface area contributed by atoms with Crippen LogP contribution < -0.4 is 35.6 Å². The molecule has 0 spiro atoms. The van der Waals surface area contributed by atoms with Crippen LogP contribution in [0, 0.1) is 0 Å². The molecule has 2 amide bonds. The highest BCUT2D eigenvalue weighted by Gasteiger charge is 2.30. The summed E-state index contributed by atoms with van der Waals surface area (Å²) in [5.41, 5.74) is 3.20. The van der Waals surface area contributed by atoms with Gasteiger partial charge in [-0.3, -0.25) is 19.3 Å². The first-order chi connectivity index (χ1) is 21.3. The number of amides is 2. The summed E-state index contributed by atoms with van der Waals surface area (Å²) in [7, 11) is 4.70. The average Bonchev–Trinajstić information content (AvgIpc) is 3.36. The van der Waals surface area contributed by atoms with Crippen LogP contribution in [0.3, 0.4) is 0 Å². The number of benzene rings is 1. The topological polar surface area (TPSA) is 118 Å². The second-order valence-electron chi connectivity index (χ2n) is 11.2. The summed E-state index contributed by atoms with van der Waals surface area (Å²) in [4.78, 5) is 41.9. The van der Waals surface area contributed by atoms with E-state index in [1.54, 1.807) is 45.2 Å². The molecule has 1 aliphatic heterocycles. The minimum atomic E-state index is -0.578. The molecule has 240 valence electrons. The van der Waals surface area contributed by atoms with Crippen molar-refractivity contribution in [3.8, 4) is 28.4 Å². The molecule has 1 aliphatic carbocycles. The van der Waals surface area contributed by atoms with Crippen molar-refractivity contribution in [1.29, 1.82) is 0 Å². The van der Waals surface area contributed by atoms with E-state index < -0.39 is 12.1 Å². The van der Waals surface area contributed by atoms with Gasteiger partial charge in [-0.25, -0.2) is 0 Å². The molecule has 0 aromatic heterocycles. The number of thioether (sulfide) groups is 1. The van der Waals surface area contributed by atoms with E-state index in [0.29, 0.717) is 60.3 Å². The highest BCUT2D eigenvalue weighted by Crippen LogP contribution is 2.50. The number of hydrogen-bond acceptors (Lipinski definition) is 9. The van der Waals surface area contributed by atoms with Crippen LogP contribution in [0.25, 0.3) is 11.1 Å². The molecule has 4 rings (SSSR count). The predicted octanol–water partition coefficient (Wildman–Crippen LogP) is 4.00. The molecule has 0 bridgehead atoms. The number of ether oxygens (including phenoxy) is 3. The Labute approximate surface area is 264 Å². The van der Waals surface area contributed by atoms with Gasteiger partial charge in [0.2, 0.25) is 23.0 Å². The molecule has 3 atom stereocenters. The van der Waals surface area contributed by atoms with E-state index in [9.17, 15) is 14.4 Å². The van der Waals surface area contributed by atoms with E-state index in [0.717, 1.165) is 48.4 Å². The Hall–Kier alpha value is -3.44. The molecular weight excluding hydrogens is 580 g/mol. The normalized spacial score (nSPS) is 18.3. The van der Waals surface area contributed by atoms with Crippen molar-refractivity contribution in [2.24, 2.45) is 0 Å². The van der Waals surface area contributed by atoms with Crippen molar-refractivity contribution >= 4 is 29.3 Å². The van der Waals surface area contributed by atoms with E-state index in [1.807, 2.05) is 18.4 Å². The van der Waals surface area contributed by atoms with Crippen LogP contribution in [-0.4, -0.2) is 81.8 Å². The summed E-state index contributed by atoms with van der Waals surface area (Å²) in [5.74, 6) is 1.93. The first kappa shape index (κ1) is 33.5. The van der Waals surface area contributed by atoms with E-state index in [-0.39, 0.29) is 17.2 Å². The average molecular weight is 627 g/mol. The number of aryl methyl sites for hydroxylation is 1. The molecule has 2 aromatic carbocycles. The van der Waals surface area contributed by atoms with Crippen molar-refractivity contribution < 1.29 is 23.8 Å². The van der Waals surface area contributed by atoms with Crippen LogP contribution >= 0.6 is 11.8 Å². The SMILES string of the molecule is CCN1CCCC1CNC(=O)C(CCSC)Nc1ccc2c(cc1=O)C(NC(C)=O)CCc1cc(OC)c(OC)c(OC)c1-2. The maximum atomic E-state index is 13.8. The third-order valence-corrected chi connectivity index (χ3v) is 9.23. The van der Waals surface area contributed by atoms with Gasteiger partial charge < -0.3 is 30.2 Å². The van der Waals surface area contributed by atoms with Gasteiger partial charge in [-0.1, -0.05) is 13.0 Å². The Balaban J connectivity index is 1.76. The number of likely N-dealkylation sites (tertiary alicyclic amines) is 1. The van der Waals surface area contributed by atoms with E-state index in [2.05, 4.69) is 27.8 Å². The van der Waals surface area contributed by atoms with Gasteiger partial charge in [0, 0.05) is 25.1 Å². The van der Waals surface area contributed by atoms with Crippen LogP contribution in [-0.2, 0) is 16.0 Å². The second kappa shape index (κ2) is 15.5. The lowest BCUT2D eigenvalue weighted by atomic mass is 9.95. The molecule has 2 aromatic rings. The van der Waals surface area contributed by atoms with Gasteiger partial charge in [-0.15, -0.1) is 0 Å². The van der Waals surface area contributed by atoms with Gasteiger partial charge in [-0.2, -0.15) is 11.8 Å². The molecule has 3 N–H and O–H groups in total. The number of carbonyl (C=O) groups is 2. The van der Waals surface area contributed by atoms with Crippen molar-refractivity contribution in [3.05, 3.63) is 45.6 Å². The number of likely N-dealkylation sites (N-methyl/N-ethyl adjacent to an activating group) is 1. The van der Waals surface area contributed by atoms with Crippen LogP contribution in [0.2, 0.25) is 0 Å². The van der Waals surface area contributed by atoms with E-state index in [4.69, 9.17) is 14.2 Å². The standard InChI is InChI=1S/C33H46N4O6S/c1-7-37-15-8-9-22(37)19-34-33(40)27(14-16-44-6)36-26-13-11-23-24(18-28(26)39)25(35-20(2)38)12-10-21-17-29(41-3)31(42-4)32(43-5)30(21)23/h11,13,17-18,22,25,27H,7-10,12,14-16,19H2,1-6H3,(H,34,40)(H,35,38)(H,36,39). The molecule has 1 fully saturated rings. The fourth-order valence-electron chi connectivity index (χ4n) is 6.40. The summed E-state index contributed by atoms with van der Waals surface area (Å²) in [6, 6.07) is 6.44. The first-order valence-corrected chi connectivity index (χ1v) is 16.7.